The van der Waals surface area contributed by atoms with Crippen molar-refractivity contribution in [2.24, 2.45) is 0 Å². The number of nitrogens with zero attached hydrogens (tertiary/aromatic N) is 4. The minimum atomic E-state index is 0. The van der Waals surface area contributed by atoms with Crippen molar-refractivity contribution in [3.05, 3.63) is 40.3 Å². The highest BCUT2D eigenvalue weighted by molar-refractivity contribution is 7.09. The molecule has 2 aromatic rings. The Hall–Kier alpha value is -1.34. The second-order valence-corrected chi connectivity index (χ2v) is 9.09. The number of para-hydroxylation sites is 2. The number of fused-ring (bicyclic) bond motifs is 1. The Bertz CT molecular complexity index is 778. The first-order valence-electron chi connectivity index (χ1n) is 11.0. The van der Waals surface area contributed by atoms with E-state index in [-0.39, 0.29) is 12.4 Å². The molecular formula is C23H35ClN4OS. The van der Waals surface area contributed by atoms with Gasteiger partial charge in [0, 0.05) is 50.2 Å². The molecule has 166 valence electrons. The Morgan fingerprint density at radius 3 is 2.73 bits per heavy atom. The molecule has 7 heteroatoms. The molecular weight excluding hydrogens is 416 g/mol. The highest BCUT2D eigenvalue weighted by Crippen LogP contribution is 2.29. The van der Waals surface area contributed by atoms with Gasteiger partial charge in [-0.3, -0.25) is 9.80 Å². The molecule has 1 saturated heterocycles. The molecule has 0 unspecified atom stereocenters. The molecule has 5 nitrogen and oxygen atoms in total. The third kappa shape index (κ3) is 5.47. The van der Waals surface area contributed by atoms with Crippen molar-refractivity contribution in [2.45, 2.75) is 38.6 Å². The highest BCUT2D eigenvalue weighted by Gasteiger charge is 2.26. The maximum atomic E-state index is 5.55. The second kappa shape index (κ2) is 11.3. The molecule has 0 amide bonds. The summed E-state index contributed by atoms with van der Waals surface area (Å²) < 4.78 is 5.55. The summed E-state index contributed by atoms with van der Waals surface area (Å²) in [5.41, 5.74) is 4.61. The molecule has 1 aliphatic heterocycles. The van der Waals surface area contributed by atoms with Crippen LogP contribution in [0.25, 0.3) is 0 Å². The Labute approximate surface area is 191 Å². The zero-order valence-corrected chi connectivity index (χ0v) is 19.9. The lowest BCUT2D eigenvalue weighted by molar-refractivity contribution is 0.146. The summed E-state index contributed by atoms with van der Waals surface area (Å²) in [7, 11) is 1.76. The number of hydrogen-bond acceptors (Lipinski definition) is 6. The van der Waals surface area contributed by atoms with E-state index in [0.29, 0.717) is 6.04 Å². The van der Waals surface area contributed by atoms with Crippen molar-refractivity contribution in [2.75, 3.05) is 57.8 Å². The molecule has 1 aromatic heterocycles. The lowest BCUT2D eigenvalue weighted by Crippen LogP contribution is -2.50. The van der Waals surface area contributed by atoms with E-state index in [1.807, 2.05) is 22.9 Å². The van der Waals surface area contributed by atoms with Gasteiger partial charge in [-0.15, -0.1) is 23.7 Å². The van der Waals surface area contributed by atoms with Crippen LogP contribution in [-0.2, 0) is 12.8 Å². The average Bonchev–Trinajstić information content (AvgIpc) is 3.25. The molecule has 2 heterocycles. The maximum Gasteiger partial charge on any atom is 0.142 e. The average molecular weight is 451 g/mol. The number of aromatic nitrogens is 1. The van der Waals surface area contributed by atoms with Crippen LogP contribution in [0.15, 0.2) is 29.8 Å². The summed E-state index contributed by atoms with van der Waals surface area (Å²) in [6, 6.07) is 9.07. The van der Waals surface area contributed by atoms with Crippen LogP contribution < -0.4 is 9.64 Å². The summed E-state index contributed by atoms with van der Waals surface area (Å²) in [5, 5.41) is 0. The van der Waals surface area contributed by atoms with Crippen LogP contribution in [0.1, 0.15) is 30.3 Å². The first kappa shape index (κ1) is 23.3. The quantitative estimate of drug-likeness (QED) is 0.607. The molecule has 0 spiro atoms. The second-order valence-electron chi connectivity index (χ2n) is 8.16. The Balaban J connectivity index is 0.00000256. The number of anilines is 1. The van der Waals surface area contributed by atoms with Crippen LogP contribution in [-0.4, -0.2) is 73.7 Å². The number of halogens is 1. The van der Waals surface area contributed by atoms with Gasteiger partial charge in [-0.05, 0) is 44.4 Å². The predicted octanol–water partition coefficient (Wildman–Crippen LogP) is 3.97. The minimum absolute atomic E-state index is 0. The minimum Gasteiger partial charge on any atom is -0.495 e. The maximum absolute atomic E-state index is 5.55. The zero-order valence-electron chi connectivity index (χ0n) is 18.3. The van der Waals surface area contributed by atoms with Gasteiger partial charge in [0.1, 0.15) is 5.75 Å². The van der Waals surface area contributed by atoms with Gasteiger partial charge in [0.2, 0.25) is 0 Å². The van der Waals surface area contributed by atoms with Gasteiger partial charge in [0.25, 0.3) is 0 Å². The number of hydrogen-bond donors (Lipinski definition) is 0. The van der Waals surface area contributed by atoms with Gasteiger partial charge in [-0.25, -0.2) is 4.98 Å². The molecule has 0 N–H and O–H groups in total. The fourth-order valence-electron chi connectivity index (χ4n) is 4.73. The topological polar surface area (TPSA) is 31.8 Å². The first-order valence-corrected chi connectivity index (χ1v) is 11.9. The Kier molecular flexibility index (Phi) is 8.81. The third-order valence-electron chi connectivity index (χ3n) is 6.39. The van der Waals surface area contributed by atoms with E-state index >= 15 is 0 Å². The fourth-order valence-corrected chi connectivity index (χ4v) is 5.62. The van der Waals surface area contributed by atoms with E-state index in [1.165, 1.54) is 55.2 Å². The van der Waals surface area contributed by atoms with Gasteiger partial charge in [0.05, 0.1) is 24.0 Å². The molecule has 4 rings (SSSR count). The number of benzene rings is 1. The van der Waals surface area contributed by atoms with Gasteiger partial charge in [0.15, 0.2) is 0 Å². The fraction of sp³-hybridized carbons (Fsp3) is 0.609. The van der Waals surface area contributed by atoms with E-state index < -0.39 is 0 Å². The van der Waals surface area contributed by atoms with Crippen LogP contribution in [0.3, 0.4) is 0 Å². The molecule has 1 aliphatic carbocycles. The molecule has 0 radical (unpaired) electrons. The summed E-state index contributed by atoms with van der Waals surface area (Å²) in [6.45, 7) is 10.3. The molecule has 1 fully saturated rings. The van der Waals surface area contributed by atoms with E-state index in [2.05, 4.69) is 44.8 Å². The normalized spacial score (nSPS) is 19.4. The molecule has 1 atom stereocenters. The highest BCUT2D eigenvalue weighted by atomic mass is 35.5. The van der Waals surface area contributed by atoms with Gasteiger partial charge < -0.3 is 9.64 Å². The number of thiazole rings is 1. The van der Waals surface area contributed by atoms with E-state index in [1.54, 1.807) is 7.11 Å². The van der Waals surface area contributed by atoms with E-state index in [4.69, 9.17) is 4.74 Å². The van der Waals surface area contributed by atoms with Crippen molar-refractivity contribution in [3.63, 3.8) is 0 Å². The Morgan fingerprint density at radius 2 is 1.97 bits per heavy atom. The number of methoxy groups -OCH3 is 1. The molecule has 1 aromatic carbocycles. The number of piperazine rings is 1. The summed E-state index contributed by atoms with van der Waals surface area (Å²) in [6.07, 6.45) is 4.84. The smallest absolute Gasteiger partial charge is 0.142 e. The predicted molar refractivity (Wildman–Crippen MR) is 129 cm³/mol. The monoisotopic (exact) mass is 450 g/mol. The van der Waals surface area contributed by atoms with Crippen LogP contribution in [0, 0.1) is 0 Å². The van der Waals surface area contributed by atoms with Gasteiger partial charge in [-0.2, -0.15) is 0 Å². The van der Waals surface area contributed by atoms with Crippen molar-refractivity contribution in [1.82, 2.24) is 14.8 Å². The number of aryl methyl sites for hydroxylation is 1. The van der Waals surface area contributed by atoms with Crippen molar-refractivity contribution in [3.8, 4) is 5.75 Å². The summed E-state index contributed by atoms with van der Waals surface area (Å²) in [5.74, 6) is 0.981. The zero-order chi connectivity index (χ0) is 20.1. The molecule has 0 saturated carbocycles. The largest absolute Gasteiger partial charge is 0.495 e. The number of ether oxygens (including phenoxy) is 1. The van der Waals surface area contributed by atoms with Crippen molar-refractivity contribution < 1.29 is 4.74 Å². The van der Waals surface area contributed by atoms with E-state index in [0.717, 1.165) is 38.3 Å². The van der Waals surface area contributed by atoms with Crippen molar-refractivity contribution in [1.29, 1.82) is 0 Å². The summed E-state index contributed by atoms with van der Waals surface area (Å²) in [4.78, 5) is 13.9. The lowest BCUT2D eigenvalue weighted by Gasteiger charge is -2.39. The standard InChI is InChI=1S/C23H34N4OS.ClH/c1-3-10-26(19-8-9-20-23(17-19)29-18-24-20)14-11-25-12-15-27(16-13-25)21-6-4-5-7-22(21)28-2;/h4-7,18-19H,3,8-17H2,1-2H3;1H/t19-;/m1./s1. The number of rotatable bonds is 8. The Morgan fingerprint density at radius 1 is 1.17 bits per heavy atom. The van der Waals surface area contributed by atoms with E-state index in [9.17, 15) is 0 Å². The van der Waals surface area contributed by atoms with Crippen LogP contribution in [0.2, 0.25) is 0 Å². The van der Waals surface area contributed by atoms with Crippen LogP contribution >= 0.6 is 23.7 Å². The van der Waals surface area contributed by atoms with Crippen molar-refractivity contribution >= 4 is 29.4 Å². The van der Waals surface area contributed by atoms with Gasteiger partial charge >= 0.3 is 0 Å². The van der Waals surface area contributed by atoms with Gasteiger partial charge in [-0.1, -0.05) is 19.1 Å². The van der Waals surface area contributed by atoms with Crippen LogP contribution in [0.4, 0.5) is 5.69 Å². The SMILES string of the molecule is CCCN(CCN1CCN(c2ccccc2OC)CC1)[C@@H]1CCc2ncsc2C1.Cl. The van der Waals surface area contributed by atoms with Crippen LogP contribution in [0.5, 0.6) is 5.75 Å². The lowest BCUT2D eigenvalue weighted by atomic mass is 9.96. The molecule has 0 bridgehead atoms. The third-order valence-corrected chi connectivity index (χ3v) is 7.29. The molecule has 2 aliphatic rings. The first-order chi connectivity index (χ1) is 14.3. The summed E-state index contributed by atoms with van der Waals surface area (Å²) >= 11 is 1.85. The molecule has 30 heavy (non-hydrogen) atoms.